The van der Waals surface area contributed by atoms with Crippen LogP contribution < -0.4 is 21.6 Å². The second-order valence-corrected chi connectivity index (χ2v) is 6.79. The highest BCUT2D eigenvalue weighted by Gasteiger charge is 2.12. The van der Waals surface area contributed by atoms with Gasteiger partial charge in [-0.1, -0.05) is 50.0 Å². The summed E-state index contributed by atoms with van der Waals surface area (Å²) in [4.78, 5) is 15.0. The van der Waals surface area contributed by atoms with Crippen molar-refractivity contribution in [2.24, 2.45) is 5.73 Å². The van der Waals surface area contributed by atoms with Gasteiger partial charge >= 0.3 is 5.63 Å². The van der Waals surface area contributed by atoms with Gasteiger partial charge in [-0.2, -0.15) is 0 Å². The molecule has 0 atom stereocenters. The molecule has 0 saturated heterocycles. The van der Waals surface area contributed by atoms with Crippen molar-refractivity contribution in [1.29, 1.82) is 0 Å². The second-order valence-electron chi connectivity index (χ2n) is 6.39. The van der Waals surface area contributed by atoms with E-state index in [9.17, 15) is 4.79 Å². The summed E-state index contributed by atoms with van der Waals surface area (Å²) in [6.07, 6.45) is 8.16. The lowest BCUT2D eigenvalue weighted by Gasteiger charge is -2.21. The number of anilines is 1. The predicted octanol–water partition coefficient (Wildman–Crippen LogP) is 4.91. The summed E-state index contributed by atoms with van der Waals surface area (Å²) in [5.41, 5.74) is 7.29. The van der Waals surface area contributed by atoms with E-state index in [2.05, 4.69) is 30.6 Å². The summed E-state index contributed by atoms with van der Waals surface area (Å²) < 4.78 is 5.55. The number of benzene rings is 1. The van der Waals surface area contributed by atoms with Gasteiger partial charge in [0.15, 0.2) is 0 Å². The maximum Gasteiger partial charge on any atom is 0.346 e. The van der Waals surface area contributed by atoms with Gasteiger partial charge in [0.2, 0.25) is 0 Å². The zero-order valence-corrected chi connectivity index (χ0v) is 19.2. The summed E-state index contributed by atoms with van der Waals surface area (Å²) in [6.45, 7) is 14.2. The summed E-state index contributed by atoms with van der Waals surface area (Å²) >= 11 is 5.43. The first-order chi connectivity index (χ1) is 14.4. The topological polar surface area (TPSA) is 71.5 Å². The Hall–Kier alpha value is -2.70. The largest absolute Gasteiger partial charge is 0.422 e. The van der Waals surface area contributed by atoms with Gasteiger partial charge in [0.05, 0.1) is 5.56 Å². The highest BCUT2D eigenvalue weighted by Crippen LogP contribution is 2.22. The van der Waals surface area contributed by atoms with Crippen molar-refractivity contribution in [3.8, 4) is 0 Å². The fourth-order valence-electron chi connectivity index (χ4n) is 2.79. The Morgan fingerprint density at radius 1 is 1.27 bits per heavy atom. The van der Waals surface area contributed by atoms with E-state index in [0.717, 1.165) is 36.4 Å². The zero-order valence-electron chi connectivity index (χ0n) is 18.4. The normalized spacial score (nSPS) is 11.2. The van der Waals surface area contributed by atoms with Crippen LogP contribution in [0, 0.1) is 0 Å². The number of nitrogens with one attached hydrogen (secondary N) is 1. The van der Waals surface area contributed by atoms with Crippen molar-refractivity contribution in [3.05, 3.63) is 76.8 Å². The van der Waals surface area contributed by atoms with Gasteiger partial charge in [-0.15, -0.1) is 0 Å². The highest BCUT2D eigenvalue weighted by atomic mass is 32.1. The van der Waals surface area contributed by atoms with Crippen LogP contribution in [0.4, 0.5) is 5.69 Å². The molecule has 1 heterocycles. The Morgan fingerprint density at radius 2 is 1.93 bits per heavy atom. The Kier molecular flexibility index (Phi) is 11.4. The molecule has 0 bridgehead atoms. The molecule has 2 aromatic rings. The van der Waals surface area contributed by atoms with Crippen molar-refractivity contribution in [3.63, 3.8) is 0 Å². The Morgan fingerprint density at radius 3 is 2.50 bits per heavy atom. The average molecular weight is 428 g/mol. The standard InChI is InChI=1S/C22H26N2O2S.C2H7N/c1-5-9-10-11-17(6-2)23-21(27)19-14-16-12-13-18(24(7-3)8-4)15-20(16)26-22(19)25;1-2-3/h5-6,9-10,12-15H,1,7-8,11H2,2-4H3,(H,23,27);2-3H2,1H3/b10-9-,17-6+;. The van der Waals surface area contributed by atoms with E-state index in [4.69, 9.17) is 22.4 Å². The molecule has 0 aliphatic heterocycles. The van der Waals surface area contributed by atoms with Crippen LogP contribution in [0.15, 0.2) is 70.1 Å². The monoisotopic (exact) mass is 427 g/mol. The van der Waals surface area contributed by atoms with Crippen LogP contribution in [0.2, 0.25) is 0 Å². The van der Waals surface area contributed by atoms with Gasteiger partial charge in [0, 0.05) is 42.3 Å². The smallest absolute Gasteiger partial charge is 0.346 e. The van der Waals surface area contributed by atoms with Crippen LogP contribution in [-0.4, -0.2) is 24.6 Å². The molecule has 0 amide bonds. The molecular weight excluding hydrogens is 394 g/mol. The highest BCUT2D eigenvalue weighted by molar-refractivity contribution is 7.80. The summed E-state index contributed by atoms with van der Waals surface area (Å²) in [6, 6.07) is 7.69. The number of hydrogen-bond donors (Lipinski definition) is 2. The lowest BCUT2D eigenvalue weighted by molar-refractivity contribution is 0.559. The second kappa shape index (κ2) is 13.5. The lowest BCUT2D eigenvalue weighted by atomic mass is 10.1. The minimum atomic E-state index is -0.436. The van der Waals surface area contributed by atoms with E-state index >= 15 is 0 Å². The molecule has 0 aliphatic carbocycles. The third-order valence-electron chi connectivity index (χ3n) is 4.33. The van der Waals surface area contributed by atoms with Gasteiger partial charge in [-0.3, -0.25) is 0 Å². The van der Waals surface area contributed by atoms with Crippen LogP contribution in [0.5, 0.6) is 0 Å². The molecule has 0 spiro atoms. The van der Waals surface area contributed by atoms with Gasteiger partial charge in [0.1, 0.15) is 10.6 Å². The van der Waals surface area contributed by atoms with E-state index in [-0.39, 0.29) is 0 Å². The predicted molar refractivity (Wildman–Crippen MR) is 133 cm³/mol. The van der Waals surface area contributed by atoms with Crippen LogP contribution in [-0.2, 0) is 0 Å². The summed E-state index contributed by atoms with van der Waals surface area (Å²) in [5.74, 6) is 0. The van der Waals surface area contributed by atoms with E-state index in [1.807, 2.05) is 50.3 Å². The molecule has 0 saturated carbocycles. The molecule has 0 radical (unpaired) electrons. The number of thiocarbonyl (C=S) groups is 1. The SMILES string of the molecule is C=C/C=C\C/C(=C\C)NC(=S)c1cc2ccc(N(CC)CC)cc2oc1=O.CCN. The van der Waals surface area contributed by atoms with Crippen molar-refractivity contribution in [2.45, 2.75) is 34.1 Å². The number of hydrogen-bond acceptors (Lipinski definition) is 5. The van der Waals surface area contributed by atoms with Gasteiger partial charge < -0.3 is 20.4 Å². The van der Waals surface area contributed by atoms with E-state index < -0.39 is 5.63 Å². The fourth-order valence-corrected chi connectivity index (χ4v) is 3.06. The molecule has 1 aromatic carbocycles. The third kappa shape index (κ3) is 7.28. The molecule has 0 unspecified atom stereocenters. The van der Waals surface area contributed by atoms with Crippen LogP contribution in [0.1, 0.15) is 39.7 Å². The third-order valence-corrected chi connectivity index (χ3v) is 4.65. The Balaban J connectivity index is 0.00000141. The quantitative estimate of drug-likeness (QED) is 0.354. The van der Waals surface area contributed by atoms with Crippen molar-refractivity contribution >= 4 is 33.9 Å². The maximum absolute atomic E-state index is 12.5. The van der Waals surface area contributed by atoms with Gasteiger partial charge in [0.25, 0.3) is 0 Å². The van der Waals surface area contributed by atoms with E-state index in [1.165, 1.54) is 0 Å². The molecule has 6 heteroatoms. The van der Waals surface area contributed by atoms with Crippen molar-refractivity contribution in [2.75, 3.05) is 24.5 Å². The first kappa shape index (κ1) is 25.3. The number of fused-ring (bicyclic) bond motifs is 1. The summed E-state index contributed by atoms with van der Waals surface area (Å²) in [7, 11) is 0. The van der Waals surface area contributed by atoms with Crippen LogP contribution in [0.25, 0.3) is 11.0 Å². The first-order valence-electron chi connectivity index (χ1n) is 10.2. The first-order valence-corrected chi connectivity index (χ1v) is 10.6. The Labute approximate surface area is 184 Å². The number of nitrogens with two attached hydrogens (primary N) is 1. The lowest BCUT2D eigenvalue weighted by Crippen LogP contribution is -2.26. The number of nitrogens with zero attached hydrogens (tertiary/aromatic N) is 1. The van der Waals surface area contributed by atoms with Gasteiger partial charge in [-0.05, 0) is 45.5 Å². The molecule has 1 aromatic heterocycles. The zero-order chi connectivity index (χ0) is 22.5. The van der Waals surface area contributed by atoms with E-state index in [1.54, 1.807) is 12.1 Å². The van der Waals surface area contributed by atoms with Crippen LogP contribution in [0.3, 0.4) is 0 Å². The number of allylic oxidation sites excluding steroid dienone is 4. The molecule has 0 aliphatic rings. The fraction of sp³-hybridized carbons (Fsp3) is 0.333. The molecule has 162 valence electrons. The molecule has 0 fully saturated rings. The molecule has 30 heavy (non-hydrogen) atoms. The van der Waals surface area contributed by atoms with E-state index in [0.29, 0.717) is 22.6 Å². The minimum Gasteiger partial charge on any atom is -0.422 e. The summed E-state index contributed by atoms with van der Waals surface area (Å²) in [5, 5.41) is 3.98. The molecular formula is C24H33N3O2S. The molecule has 2 rings (SSSR count). The minimum absolute atomic E-state index is 0.360. The average Bonchev–Trinajstić information content (AvgIpc) is 2.74. The molecule has 5 nitrogen and oxygen atoms in total. The van der Waals surface area contributed by atoms with Gasteiger partial charge in [-0.25, -0.2) is 4.79 Å². The number of rotatable bonds is 8. The molecule has 3 N–H and O–H groups in total. The Bertz CT molecular complexity index is 957. The van der Waals surface area contributed by atoms with Crippen molar-refractivity contribution < 1.29 is 4.42 Å². The van der Waals surface area contributed by atoms with Crippen molar-refractivity contribution in [1.82, 2.24) is 5.32 Å². The van der Waals surface area contributed by atoms with Crippen LogP contribution >= 0.6 is 12.2 Å². The maximum atomic E-state index is 12.5.